The SMILES string of the molecule is CC(Oc1ccc(F)c(F)c1)C1CN(C(=O)c2cc3c(cc2F)OCC(=O)CN3)C1. The predicted molar refractivity (Wildman–Crippen MR) is 101 cm³/mol. The maximum absolute atomic E-state index is 14.5. The molecule has 0 radical (unpaired) electrons. The quantitative estimate of drug-likeness (QED) is 0.824. The summed E-state index contributed by atoms with van der Waals surface area (Å²) in [6.07, 6.45) is -0.350. The molecule has 1 atom stereocenters. The average Bonchev–Trinajstić information content (AvgIpc) is 2.84. The summed E-state index contributed by atoms with van der Waals surface area (Å²) in [5.74, 6) is -3.00. The van der Waals surface area contributed by atoms with E-state index in [1.54, 1.807) is 6.92 Å². The molecule has 0 spiro atoms. The van der Waals surface area contributed by atoms with Crippen LogP contribution in [0.2, 0.25) is 0 Å². The first-order valence-corrected chi connectivity index (χ1v) is 9.44. The fourth-order valence-corrected chi connectivity index (χ4v) is 3.39. The number of anilines is 1. The van der Waals surface area contributed by atoms with Crippen molar-refractivity contribution in [2.45, 2.75) is 13.0 Å². The van der Waals surface area contributed by atoms with Crippen LogP contribution in [0.1, 0.15) is 17.3 Å². The fraction of sp³-hybridized carbons (Fsp3) is 0.333. The molecular weight excluding hydrogens is 401 g/mol. The maximum atomic E-state index is 14.5. The van der Waals surface area contributed by atoms with Crippen molar-refractivity contribution in [2.75, 3.05) is 31.6 Å². The molecule has 0 aromatic heterocycles. The van der Waals surface area contributed by atoms with Crippen molar-refractivity contribution in [3.63, 3.8) is 0 Å². The topological polar surface area (TPSA) is 67.9 Å². The van der Waals surface area contributed by atoms with Crippen LogP contribution < -0.4 is 14.8 Å². The second-order valence-corrected chi connectivity index (χ2v) is 7.38. The van der Waals surface area contributed by atoms with Gasteiger partial charge in [0.2, 0.25) is 0 Å². The van der Waals surface area contributed by atoms with E-state index < -0.39 is 23.4 Å². The highest BCUT2D eigenvalue weighted by Gasteiger charge is 2.37. The van der Waals surface area contributed by atoms with Gasteiger partial charge in [0.05, 0.1) is 17.8 Å². The molecule has 2 aromatic rings. The van der Waals surface area contributed by atoms with Gasteiger partial charge in [-0.15, -0.1) is 0 Å². The second-order valence-electron chi connectivity index (χ2n) is 7.38. The first-order chi connectivity index (χ1) is 14.3. The smallest absolute Gasteiger partial charge is 0.256 e. The number of carbonyl (C=O) groups excluding carboxylic acids is 2. The minimum Gasteiger partial charge on any atom is -0.490 e. The fourth-order valence-electron chi connectivity index (χ4n) is 3.39. The van der Waals surface area contributed by atoms with Gasteiger partial charge in [-0.2, -0.15) is 0 Å². The summed E-state index contributed by atoms with van der Waals surface area (Å²) in [5, 5.41) is 2.85. The summed E-state index contributed by atoms with van der Waals surface area (Å²) in [6.45, 7) is 2.33. The Morgan fingerprint density at radius 3 is 2.67 bits per heavy atom. The molecule has 2 aliphatic rings. The van der Waals surface area contributed by atoms with Gasteiger partial charge in [-0.25, -0.2) is 13.2 Å². The number of rotatable bonds is 4. The number of benzene rings is 2. The summed E-state index contributed by atoms with van der Waals surface area (Å²) in [4.78, 5) is 25.7. The lowest BCUT2D eigenvalue weighted by Gasteiger charge is -2.42. The first kappa shape index (κ1) is 20.1. The highest BCUT2D eigenvalue weighted by atomic mass is 19.2. The van der Waals surface area contributed by atoms with Crippen LogP contribution >= 0.6 is 0 Å². The number of ether oxygens (including phenoxy) is 2. The largest absolute Gasteiger partial charge is 0.490 e. The zero-order valence-electron chi connectivity index (χ0n) is 16.1. The van der Waals surface area contributed by atoms with E-state index in [9.17, 15) is 22.8 Å². The van der Waals surface area contributed by atoms with E-state index in [1.807, 2.05) is 0 Å². The van der Waals surface area contributed by atoms with Crippen molar-refractivity contribution in [1.82, 2.24) is 4.90 Å². The van der Waals surface area contributed by atoms with Crippen molar-refractivity contribution in [2.24, 2.45) is 5.92 Å². The predicted octanol–water partition coefficient (Wildman–Crippen LogP) is 3.02. The van der Waals surface area contributed by atoms with E-state index in [4.69, 9.17) is 9.47 Å². The van der Waals surface area contributed by atoms with Crippen molar-refractivity contribution < 1.29 is 32.2 Å². The van der Waals surface area contributed by atoms with Crippen LogP contribution in [-0.4, -0.2) is 48.9 Å². The molecule has 1 fully saturated rings. The molecule has 0 saturated carbocycles. The standard InChI is InChI=1S/C21H19F3N2O4/c1-11(30-14-2-3-16(22)18(24)4-14)12-8-26(9-12)21(28)15-5-19-20(6-17(15)23)29-10-13(27)7-25-19/h2-6,11-12,25H,7-10H2,1H3. The van der Waals surface area contributed by atoms with Gasteiger partial charge in [-0.3, -0.25) is 9.59 Å². The van der Waals surface area contributed by atoms with Gasteiger partial charge in [-0.1, -0.05) is 0 Å². The molecule has 0 bridgehead atoms. The zero-order chi connectivity index (χ0) is 21.4. The maximum Gasteiger partial charge on any atom is 0.256 e. The van der Waals surface area contributed by atoms with Gasteiger partial charge in [-0.05, 0) is 25.1 Å². The van der Waals surface area contributed by atoms with Gasteiger partial charge in [0.1, 0.15) is 30.0 Å². The van der Waals surface area contributed by atoms with E-state index in [2.05, 4.69) is 5.32 Å². The Kier molecular flexibility index (Phi) is 5.27. The van der Waals surface area contributed by atoms with Crippen LogP contribution in [-0.2, 0) is 4.79 Å². The van der Waals surface area contributed by atoms with Crippen LogP contribution in [0.4, 0.5) is 18.9 Å². The summed E-state index contributed by atoms with van der Waals surface area (Å²) in [6, 6.07) is 5.74. The number of ketones is 1. The van der Waals surface area contributed by atoms with Gasteiger partial charge in [0, 0.05) is 31.1 Å². The number of Topliss-reactive ketones (excluding diaryl/α,β-unsaturated/α-hetero) is 1. The van der Waals surface area contributed by atoms with Crippen LogP contribution in [0.25, 0.3) is 0 Å². The summed E-state index contributed by atoms with van der Waals surface area (Å²) < 4.78 is 51.7. The molecule has 1 saturated heterocycles. The number of amides is 1. The molecule has 9 heteroatoms. The highest BCUT2D eigenvalue weighted by Crippen LogP contribution is 2.32. The Labute approximate surface area is 170 Å². The lowest BCUT2D eigenvalue weighted by Crippen LogP contribution is -2.55. The number of hydrogen-bond acceptors (Lipinski definition) is 5. The Hall–Kier alpha value is -3.23. The minimum absolute atomic E-state index is 0.0370. The molecule has 1 N–H and O–H groups in total. The minimum atomic E-state index is -0.997. The molecule has 4 rings (SSSR count). The van der Waals surface area contributed by atoms with E-state index in [0.717, 1.165) is 18.2 Å². The first-order valence-electron chi connectivity index (χ1n) is 9.44. The van der Waals surface area contributed by atoms with Crippen molar-refractivity contribution in [3.8, 4) is 11.5 Å². The lowest BCUT2D eigenvalue weighted by atomic mass is 9.93. The number of nitrogens with zero attached hydrogens (tertiary/aromatic N) is 1. The van der Waals surface area contributed by atoms with Gasteiger partial charge in [0.25, 0.3) is 5.91 Å². The second kappa shape index (κ2) is 7.89. The number of likely N-dealkylation sites (tertiary alicyclic amines) is 1. The molecule has 0 aliphatic carbocycles. The lowest BCUT2D eigenvalue weighted by molar-refractivity contribution is -0.119. The Morgan fingerprint density at radius 2 is 1.93 bits per heavy atom. The molecular formula is C21H19F3N2O4. The molecule has 2 aliphatic heterocycles. The zero-order valence-corrected chi connectivity index (χ0v) is 16.1. The van der Waals surface area contributed by atoms with Crippen LogP contribution in [0.3, 0.4) is 0 Å². The number of halogens is 3. The van der Waals surface area contributed by atoms with Crippen LogP contribution in [0.5, 0.6) is 11.5 Å². The number of nitrogens with one attached hydrogen (secondary N) is 1. The molecule has 6 nitrogen and oxygen atoms in total. The molecule has 1 amide bonds. The van der Waals surface area contributed by atoms with Crippen molar-refractivity contribution in [1.29, 1.82) is 0 Å². The number of carbonyl (C=O) groups is 2. The normalized spacial score (nSPS) is 17.2. The van der Waals surface area contributed by atoms with E-state index in [1.165, 1.54) is 17.0 Å². The summed E-state index contributed by atoms with van der Waals surface area (Å²) >= 11 is 0. The molecule has 1 unspecified atom stereocenters. The van der Waals surface area contributed by atoms with E-state index in [0.29, 0.717) is 18.8 Å². The number of fused-ring (bicyclic) bond motifs is 1. The number of hydrogen-bond donors (Lipinski definition) is 1. The van der Waals surface area contributed by atoms with Crippen LogP contribution in [0.15, 0.2) is 30.3 Å². The van der Waals surface area contributed by atoms with E-state index >= 15 is 0 Å². The molecule has 2 heterocycles. The monoisotopic (exact) mass is 420 g/mol. The third-order valence-electron chi connectivity index (χ3n) is 5.24. The van der Waals surface area contributed by atoms with Crippen molar-refractivity contribution in [3.05, 3.63) is 53.3 Å². The van der Waals surface area contributed by atoms with Crippen LogP contribution in [0, 0.1) is 23.4 Å². The third-order valence-corrected chi connectivity index (χ3v) is 5.24. The molecule has 2 aromatic carbocycles. The Bertz CT molecular complexity index is 1010. The van der Waals surface area contributed by atoms with Crippen molar-refractivity contribution >= 4 is 17.4 Å². The summed E-state index contributed by atoms with van der Waals surface area (Å²) in [5.41, 5.74) is 0.268. The van der Waals surface area contributed by atoms with E-state index in [-0.39, 0.29) is 48.0 Å². The highest BCUT2D eigenvalue weighted by molar-refractivity contribution is 5.97. The Balaban J connectivity index is 1.39. The van der Waals surface area contributed by atoms with Gasteiger partial charge in [0.15, 0.2) is 17.4 Å². The third kappa shape index (κ3) is 3.92. The average molecular weight is 420 g/mol. The summed E-state index contributed by atoms with van der Waals surface area (Å²) in [7, 11) is 0. The molecule has 30 heavy (non-hydrogen) atoms. The van der Waals surface area contributed by atoms with Gasteiger partial charge < -0.3 is 19.7 Å². The Morgan fingerprint density at radius 1 is 1.17 bits per heavy atom. The molecule has 158 valence electrons. The van der Waals surface area contributed by atoms with Gasteiger partial charge >= 0.3 is 0 Å².